The number of hydrogen-bond donors (Lipinski definition) is 0. The van der Waals surface area contributed by atoms with Crippen molar-refractivity contribution in [3.05, 3.63) is 0 Å². The predicted molar refractivity (Wildman–Crippen MR) is 174 cm³/mol. The molecular weight excluding hydrogens is 498 g/mol. The van der Waals surface area contributed by atoms with Gasteiger partial charge in [0, 0.05) is 14.5 Å². The summed E-state index contributed by atoms with van der Waals surface area (Å²) in [7, 11) is -1.12. The number of hydrogen-bond acceptors (Lipinski definition) is 1. The van der Waals surface area contributed by atoms with E-state index in [-0.39, 0.29) is 17.9 Å². The van der Waals surface area contributed by atoms with E-state index in [1.807, 2.05) is 0 Å². The minimum absolute atomic E-state index is 0. The third-order valence-electron chi connectivity index (χ3n) is 7.89. The second-order valence-corrected chi connectivity index (χ2v) is 20.2. The van der Waals surface area contributed by atoms with Crippen LogP contribution in [0.2, 0.25) is 0 Å². The fourth-order valence-electron chi connectivity index (χ4n) is 5.29. The minimum atomic E-state index is -0.562. The van der Waals surface area contributed by atoms with Crippen LogP contribution in [-0.4, -0.2) is 54.8 Å². The third kappa shape index (κ3) is 24.2. The quantitative estimate of drug-likeness (QED) is 0.106. The monoisotopic (exact) mass is 570 g/mol. The van der Waals surface area contributed by atoms with Crippen molar-refractivity contribution in [3.8, 4) is 0 Å². The molecule has 0 aliphatic rings. The molecule has 0 unspecified atom stereocenters. The third-order valence-corrected chi connectivity index (χ3v) is 18.0. The fraction of sp³-hybridized carbons (Fsp3) is 1.00. The molecule has 0 saturated carbocycles. The van der Waals surface area contributed by atoms with Gasteiger partial charge in [-0.2, -0.15) is 0 Å². The SMILES string of the molecule is CCCC[P+](CCCC)(CCCC)CCCC.CCCC[P+](CCCC)(CCCC)CCCC.[Cl-].[OH-]. The van der Waals surface area contributed by atoms with Gasteiger partial charge in [-0.25, -0.2) is 0 Å². The van der Waals surface area contributed by atoms with E-state index in [0.29, 0.717) is 0 Å². The van der Waals surface area contributed by atoms with Crippen LogP contribution in [0.1, 0.15) is 158 Å². The summed E-state index contributed by atoms with van der Waals surface area (Å²) in [5.74, 6) is 0. The Balaban J connectivity index is -0.000000269. The molecular formula is C32H73ClOP2. The van der Waals surface area contributed by atoms with Crippen molar-refractivity contribution in [1.29, 1.82) is 0 Å². The zero-order valence-electron chi connectivity index (χ0n) is 26.7. The van der Waals surface area contributed by atoms with Crippen LogP contribution in [0.15, 0.2) is 0 Å². The topological polar surface area (TPSA) is 30.0 Å². The van der Waals surface area contributed by atoms with Gasteiger partial charge in [0.15, 0.2) is 0 Å². The normalized spacial score (nSPS) is 11.3. The van der Waals surface area contributed by atoms with Crippen LogP contribution < -0.4 is 12.4 Å². The smallest absolute Gasteiger partial charge is 0.0594 e. The molecule has 0 radical (unpaired) electrons. The second-order valence-electron chi connectivity index (χ2n) is 11.3. The molecule has 224 valence electrons. The zero-order valence-corrected chi connectivity index (χ0v) is 29.2. The standard InChI is InChI=1S/2C16H36P.ClH.H2O/c2*1-5-9-13-17(14-10-6-2,15-11-7-3)16-12-8-4;;/h2*5-16H2,1-4H3;1H;1H2/q2*+1;;/p-2. The van der Waals surface area contributed by atoms with Crippen LogP contribution in [-0.2, 0) is 0 Å². The van der Waals surface area contributed by atoms with Crippen LogP contribution in [0.5, 0.6) is 0 Å². The van der Waals surface area contributed by atoms with Crippen LogP contribution in [0, 0.1) is 0 Å². The van der Waals surface area contributed by atoms with Crippen LogP contribution in [0.3, 0.4) is 0 Å². The fourth-order valence-corrected chi connectivity index (χ4v) is 15.9. The maximum Gasteiger partial charge on any atom is 0.0594 e. The van der Waals surface area contributed by atoms with Gasteiger partial charge in [0.1, 0.15) is 0 Å². The summed E-state index contributed by atoms with van der Waals surface area (Å²) < 4.78 is 0. The van der Waals surface area contributed by atoms with E-state index in [1.54, 1.807) is 49.3 Å². The van der Waals surface area contributed by atoms with E-state index >= 15 is 0 Å². The average molecular weight is 571 g/mol. The number of rotatable bonds is 24. The molecule has 0 aromatic rings. The molecule has 1 nitrogen and oxygen atoms in total. The summed E-state index contributed by atoms with van der Waals surface area (Å²) in [4.78, 5) is 0. The lowest BCUT2D eigenvalue weighted by atomic mass is 10.4. The van der Waals surface area contributed by atoms with E-state index in [1.165, 1.54) is 103 Å². The molecule has 0 heterocycles. The molecule has 36 heavy (non-hydrogen) atoms. The van der Waals surface area contributed by atoms with Gasteiger partial charge in [0.05, 0.1) is 49.3 Å². The molecule has 0 bridgehead atoms. The minimum Gasteiger partial charge on any atom is -1.00 e. The lowest BCUT2D eigenvalue weighted by molar-refractivity contribution is -0.00000921. The van der Waals surface area contributed by atoms with E-state index < -0.39 is 14.5 Å². The van der Waals surface area contributed by atoms with E-state index in [2.05, 4.69) is 55.4 Å². The lowest BCUT2D eigenvalue weighted by Crippen LogP contribution is -3.00. The Hall–Kier alpha value is 1.11. The Morgan fingerprint density at radius 3 is 0.472 bits per heavy atom. The highest BCUT2D eigenvalue weighted by molar-refractivity contribution is 7.76. The highest BCUT2D eigenvalue weighted by Gasteiger charge is 2.35. The zero-order chi connectivity index (χ0) is 26.0. The van der Waals surface area contributed by atoms with Crippen molar-refractivity contribution in [1.82, 2.24) is 0 Å². The molecule has 0 fully saturated rings. The molecule has 0 aliphatic heterocycles. The number of halogens is 1. The van der Waals surface area contributed by atoms with Crippen molar-refractivity contribution in [2.75, 3.05) is 49.3 Å². The summed E-state index contributed by atoms with van der Waals surface area (Å²) in [5.41, 5.74) is 0. The maximum absolute atomic E-state index is 2.36. The van der Waals surface area contributed by atoms with E-state index in [0.717, 1.165) is 0 Å². The first kappa shape index (κ1) is 44.1. The summed E-state index contributed by atoms with van der Waals surface area (Å²) in [6, 6.07) is 0. The summed E-state index contributed by atoms with van der Waals surface area (Å²) in [6.45, 7) is 18.8. The Labute approximate surface area is 239 Å². The van der Waals surface area contributed by atoms with Crippen molar-refractivity contribution in [3.63, 3.8) is 0 Å². The summed E-state index contributed by atoms with van der Waals surface area (Å²) in [6.07, 6.45) is 35.9. The Morgan fingerprint density at radius 1 is 0.278 bits per heavy atom. The van der Waals surface area contributed by atoms with Crippen LogP contribution in [0.4, 0.5) is 0 Å². The largest absolute Gasteiger partial charge is 1.00 e. The number of unbranched alkanes of at least 4 members (excludes halogenated alkanes) is 8. The maximum atomic E-state index is 2.36. The van der Waals surface area contributed by atoms with Crippen molar-refractivity contribution in [2.45, 2.75) is 158 Å². The van der Waals surface area contributed by atoms with Gasteiger partial charge in [0.25, 0.3) is 0 Å². The second kappa shape index (κ2) is 32.3. The molecule has 0 aromatic carbocycles. The lowest BCUT2D eigenvalue weighted by Gasteiger charge is -2.28. The highest BCUT2D eigenvalue weighted by atomic mass is 35.5. The first-order chi connectivity index (χ1) is 16.5. The van der Waals surface area contributed by atoms with Gasteiger partial charge in [-0.1, -0.05) is 107 Å². The molecule has 0 saturated heterocycles. The van der Waals surface area contributed by atoms with Gasteiger partial charge in [-0.15, -0.1) is 0 Å². The molecule has 4 heteroatoms. The van der Waals surface area contributed by atoms with Gasteiger partial charge in [-0.3, -0.25) is 0 Å². The molecule has 0 atom stereocenters. The van der Waals surface area contributed by atoms with E-state index in [4.69, 9.17) is 0 Å². The molecule has 0 amide bonds. The van der Waals surface area contributed by atoms with Gasteiger partial charge >= 0.3 is 0 Å². The van der Waals surface area contributed by atoms with Crippen LogP contribution in [0.25, 0.3) is 0 Å². The first-order valence-electron chi connectivity index (χ1n) is 16.2. The molecule has 0 rings (SSSR count). The Morgan fingerprint density at radius 2 is 0.389 bits per heavy atom. The van der Waals surface area contributed by atoms with Gasteiger partial charge in [-0.05, 0) is 51.4 Å². The Bertz CT molecular complexity index is 281. The van der Waals surface area contributed by atoms with E-state index in [9.17, 15) is 0 Å². The van der Waals surface area contributed by atoms with Gasteiger partial charge in [0.2, 0.25) is 0 Å². The summed E-state index contributed by atoms with van der Waals surface area (Å²) >= 11 is 0. The average Bonchev–Trinajstić information content (AvgIpc) is 2.87. The molecule has 0 spiro atoms. The predicted octanol–water partition coefficient (Wildman–Crippen LogP) is 9.24. The Kier molecular flexibility index (Phi) is 39.6. The summed E-state index contributed by atoms with van der Waals surface area (Å²) in [5, 5.41) is 0. The van der Waals surface area contributed by atoms with Gasteiger partial charge < -0.3 is 17.9 Å². The highest BCUT2D eigenvalue weighted by Crippen LogP contribution is 2.62. The molecule has 0 aromatic heterocycles. The van der Waals surface area contributed by atoms with Crippen LogP contribution >= 0.6 is 14.5 Å². The molecule has 0 aliphatic carbocycles. The molecule has 1 N–H and O–H groups in total. The van der Waals surface area contributed by atoms with Crippen molar-refractivity contribution in [2.24, 2.45) is 0 Å². The van der Waals surface area contributed by atoms with Crippen molar-refractivity contribution < 1.29 is 17.9 Å². The first-order valence-corrected chi connectivity index (χ1v) is 21.2. The van der Waals surface area contributed by atoms with Crippen molar-refractivity contribution >= 4 is 14.5 Å².